The minimum Gasteiger partial charge on any atom is -0.323 e. The van der Waals surface area contributed by atoms with E-state index in [-0.39, 0.29) is 22.4 Å². The number of halogens is 3. The molecule has 3 aromatic rings. The predicted octanol–water partition coefficient (Wildman–Crippen LogP) is 5.05. The highest BCUT2D eigenvalue weighted by Gasteiger charge is 2.18. The lowest BCUT2D eigenvalue weighted by Crippen LogP contribution is -2.32. The quantitative estimate of drug-likeness (QED) is 0.505. The summed E-state index contributed by atoms with van der Waals surface area (Å²) in [5.41, 5.74) is 1.45. The molecule has 25 heavy (non-hydrogen) atoms. The standard InChI is InChI=1S/C19H16F3N3/c1-11-5-3-6-12(9-11)25(2)19(23)24-18-16(22)10-15(21)13-7-4-8-14(20)17(13)18/h3-10H,1-2H3,(H2,23,24). The van der Waals surface area contributed by atoms with Gasteiger partial charge in [-0.2, -0.15) is 0 Å². The van der Waals surface area contributed by atoms with E-state index in [1.54, 1.807) is 13.1 Å². The van der Waals surface area contributed by atoms with Crippen molar-refractivity contribution in [3.8, 4) is 0 Å². The highest BCUT2D eigenvalue weighted by Crippen LogP contribution is 2.31. The van der Waals surface area contributed by atoms with E-state index >= 15 is 0 Å². The average Bonchev–Trinajstić information content (AvgIpc) is 2.58. The lowest BCUT2D eigenvalue weighted by molar-refractivity contribution is 0.590. The van der Waals surface area contributed by atoms with E-state index in [2.05, 4.69) is 5.32 Å². The Labute approximate surface area is 143 Å². The van der Waals surface area contributed by atoms with Crippen molar-refractivity contribution >= 4 is 28.1 Å². The number of benzene rings is 3. The highest BCUT2D eigenvalue weighted by atomic mass is 19.1. The molecule has 0 aliphatic rings. The second-order valence-corrected chi connectivity index (χ2v) is 5.75. The Morgan fingerprint density at radius 2 is 1.68 bits per heavy atom. The van der Waals surface area contributed by atoms with Crippen LogP contribution in [0.4, 0.5) is 24.5 Å². The molecule has 0 aliphatic heterocycles. The van der Waals surface area contributed by atoms with Crippen molar-refractivity contribution in [2.24, 2.45) is 0 Å². The molecule has 0 saturated heterocycles. The molecule has 128 valence electrons. The van der Waals surface area contributed by atoms with Crippen LogP contribution in [0.1, 0.15) is 5.56 Å². The fourth-order valence-corrected chi connectivity index (χ4v) is 2.65. The normalized spacial score (nSPS) is 10.8. The SMILES string of the molecule is Cc1cccc(N(C)C(=N)Nc2c(F)cc(F)c3cccc(F)c23)c1. The molecule has 0 atom stereocenters. The summed E-state index contributed by atoms with van der Waals surface area (Å²) < 4.78 is 42.4. The van der Waals surface area contributed by atoms with Crippen LogP contribution in [0.3, 0.4) is 0 Å². The van der Waals surface area contributed by atoms with Crippen molar-refractivity contribution in [2.75, 3.05) is 17.3 Å². The maximum Gasteiger partial charge on any atom is 0.199 e. The van der Waals surface area contributed by atoms with Gasteiger partial charge in [0.25, 0.3) is 0 Å². The zero-order valence-corrected chi connectivity index (χ0v) is 13.7. The van der Waals surface area contributed by atoms with Crippen molar-refractivity contribution in [1.82, 2.24) is 0 Å². The van der Waals surface area contributed by atoms with Gasteiger partial charge in [-0.1, -0.05) is 24.3 Å². The molecule has 0 heterocycles. The molecule has 0 fully saturated rings. The summed E-state index contributed by atoms with van der Waals surface area (Å²) in [6.45, 7) is 1.91. The number of fused-ring (bicyclic) bond motifs is 1. The second-order valence-electron chi connectivity index (χ2n) is 5.75. The van der Waals surface area contributed by atoms with Gasteiger partial charge in [-0.3, -0.25) is 5.41 Å². The van der Waals surface area contributed by atoms with Crippen LogP contribution in [0, 0.1) is 29.8 Å². The summed E-state index contributed by atoms with van der Waals surface area (Å²) in [5, 5.41) is 10.5. The molecule has 0 aromatic heterocycles. The topological polar surface area (TPSA) is 39.1 Å². The Balaban J connectivity index is 2.02. The van der Waals surface area contributed by atoms with Crippen LogP contribution in [0.5, 0.6) is 0 Å². The van der Waals surface area contributed by atoms with Gasteiger partial charge in [0.05, 0.1) is 5.69 Å². The average molecular weight is 343 g/mol. The Bertz CT molecular complexity index is 970. The lowest BCUT2D eigenvalue weighted by atomic mass is 10.1. The van der Waals surface area contributed by atoms with E-state index in [1.165, 1.54) is 17.0 Å². The van der Waals surface area contributed by atoms with Crippen LogP contribution in [0.15, 0.2) is 48.5 Å². The largest absolute Gasteiger partial charge is 0.323 e. The smallest absolute Gasteiger partial charge is 0.199 e. The molecule has 0 unspecified atom stereocenters. The fourth-order valence-electron chi connectivity index (χ4n) is 2.65. The number of anilines is 2. The first kappa shape index (κ1) is 16.8. The summed E-state index contributed by atoms with van der Waals surface area (Å²) in [7, 11) is 1.63. The van der Waals surface area contributed by atoms with E-state index in [0.717, 1.165) is 11.6 Å². The first-order chi connectivity index (χ1) is 11.9. The van der Waals surface area contributed by atoms with Gasteiger partial charge in [0.1, 0.15) is 17.5 Å². The maximum atomic E-state index is 14.3. The number of nitrogens with zero attached hydrogens (tertiary/aromatic N) is 1. The first-order valence-corrected chi connectivity index (χ1v) is 7.60. The molecule has 0 saturated carbocycles. The molecular weight excluding hydrogens is 327 g/mol. The molecule has 3 nitrogen and oxygen atoms in total. The number of hydrogen-bond donors (Lipinski definition) is 2. The van der Waals surface area contributed by atoms with Crippen LogP contribution >= 0.6 is 0 Å². The zero-order valence-electron chi connectivity index (χ0n) is 13.7. The third kappa shape index (κ3) is 3.15. The molecular formula is C19H16F3N3. The van der Waals surface area contributed by atoms with Crippen LogP contribution in [0.25, 0.3) is 10.8 Å². The molecule has 2 N–H and O–H groups in total. The minimum atomic E-state index is -0.961. The Morgan fingerprint density at radius 1 is 0.960 bits per heavy atom. The van der Waals surface area contributed by atoms with E-state index in [1.807, 2.05) is 25.1 Å². The third-order valence-corrected chi connectivity index (χ3v) is 3.98. The number of nitrogens with one attached hydrogen (secondary N) is 2. The van der Waals surface area contributed by atoms with Gasteiger partial charge in [-0.05, 0) is 30.7 Å². The van der Waals surface area contributed by atoms with Crippen molar-refractivity contribution in [2.45, 2.75) is 6.92 Å². The van der Waals surface area contributed by atoms with Gasteiger partial charge in [0.15, 0.2) is 5.96 Å². The van der Waals surface area contributed by atoms with Crippen molar-refractivity contribution in [1.29, 1.82) is 5.41 Å². The van der Waals surface area contributed by atoms with Gasteiger partial charge >= 0.3 is 0 Å². The Hall–Kier alpha value is -3.02. The summed E-state index contributed by atoms with van der Waals surface area (Å²) in [4.78, 5) is 1.49. The monoisotopic (exact) mass is 343 g/mol. The van der Waals surface area contributed by atoms with Crippen LogP contribution in [0.2, 0.25) is 0 Å². The van der Waals surface area contributed by atoms with E-state index in [4.69, 9.17) is 5.41 Å². The fraction of sp³-hybridized carbons (Fsp3) is 0.105. The predicted molar refractivity (Wildman–Crippen MR) is 94.8 cm³/mol. The number of aryl methyl sites for hydroxylation is 1. The van der Waals surface area contributed by atoms with E-state index < -0.39 is 17.5 Å². The molecule has 0 radical (unpaired) electrons. The zero-order chi connectivity index (χ0) is 18.1. The highest BCUT2D eigenvalue weighted by molar-refractivity contribution is 6.08. The first-order valence-electron chi connectivity index (χ1n) is 7.60. The summed E-state index contributed by atoms with van der Waals surface area (Å²) in [6, 6.07) is 11.9. The van der Waals surface area contributed by atoms with Gasteiger partial charge in [0, 0.05) is 29.6 Å². The van der Waals surface area contributed by atoms with Gasteiger partial charge in [0.2, 0.25) is 0 Å². The molecule has 3 aromatic carbocycles. The molecule has 0 spiro atoms. The Morgan fingerprint density at radius 3 is 2.40 bits per heavy atom. The lowest BCUT2D eigenvalue weighted by Gasteiger charge is -2.22. The summed E-state index contributed by atoms with van der Waals surface area (Å²) >= 11 is 0. The molecule has 0 amide bonds. The van der Waals surface area contributed by atoms with Gasteiger partial charge < -0.3 is 10.2 Å². The second kappa shape index (κ2) is 6.47. The maximum absolute atomic E-state index is 14.3. The minimum absolute atomic E-state index is 0.0464. The van der Waals surface area contributed by atoms with Crippen LogP contribution in [-0.4, -0.2) is 13.0 Å². The number of guanidine groups is 1. The van der Waals surface area contributed by atoms with Crippen molar-refractivity contribution < 1.29 is 13.2 Å². The molecule has 3 rings (SSSR count). The van der Waals surface area contributed by atoms with Gasteiger partial charge in [-0.15, -0.1) is 0 Å². The summed E-state index contributed by atoms with van der Waals surface area (Å²) in [5.74, 6) is -2.74. The molecule has 0 bridgehead atoms. The number of hydrogen-bond acceptors (Lipinski definition) is 1. The van der Waals surface area contributed by atoms with Crippen molar-refractivity contribution in [3.05, 3.63) is 71.5 Å². The van der Waals surface area contributed by atoms with Crippen LogP contribution < -0.4 is 10.2 Å². The molecule has 0 aliphatic carbocycles. The molecule has 6 heteroatoms. The third-order valence-electron chi connectivity index (χ3n) is 3.98. The van der Waals surface area contributed by atoms with E-state index in [9.17, 15) is 13.2 Å². The van der Waals surface area contributed by atoms with Crippen LogP contribution in [-0.2, 0) is 0 Å². The van der Waals surface area contributed by atoms with Gasteiger partial charge in [-0.25, -0.2) is 13.2 Å². The van der Waals surface area contributed by atoms with E-state index in [0.29, 0.717) is 11.8 Å². The Kier molecular flexibility index (Phi) is 4.35. The number of rotatable bonds is 2. The van der Waals surface area contributed by atoms with Crippen molar-refractivity contribution in [3.63, 3.8) is 0 Å². The summed E-state index contributed by atoms with van der Waals surface area (Å²) in [6.07, 6.45) is 0.